The van der Waals surface area contributed by atoms with Crippen LogP contribution in [0.2, 0.25) is 5.02 Å². The Morgan fingerprint density at radius 2 is 2.03 bits per heavy atom. The molecule has 13 heteroatoms. The van der Waals surface area contributed by atoms with E-state index in [0.717, 1.165) is 0 Å². The summed E-state index contributed by atoms with van der Waals surface area (Å²) in [5.74, 6) is -0.347. The van der Waals surface area contributed by atoms with E-state index in [0.29, 0.717) is 33.4 Å². The Morgan fingerprint density at radius 3 is 2.78 bits per heavy atom. The van der Waals surface area contributed by atoms with Crippen molar-refractivity contribution in [2.45, 2.75) is 18.8 Å². The molecule has 2 atom stereocenters. The lowest BCUT2D eigenvalue weighted by molar-refractivity contribution is -0.131. The first-order valence-corrected chi connectivity index (χ1v) is 11.4. The minimum absolute atomic E-state index is 0.0293. The lowest BCUT2D eigenvalue weighted by Gasteiger charge is -2.15. The number of nitrogens with zero attached hydrogens (tertiary/aromatic N) is 6. The molecule has 36 heavy (non-hydrogen) atoms. The van der Waals surface area contributed by atoms with Gasteiger partial charge in [0.25, 0.3) is 5.91 Å². The van der Waals surface area contributed by atoms with Crippen LogP contribution in [0.25, 0.3) is 16.9 Å². The molecule has 0 spiro atoms. The number of aromatic nitrogens is 5. The molecule has 186 valence electrons. The SMILES string of the molecule is COc1ccc(Cl)cc1-c1nn(CC(=O)N2CC(O)C(O)C2)cc1NC(=O)c1cnn2cccnc12. The number of ether oxygens (including phenoxy) is 1. The summed E-state index contributed by atoms with van der Waals surface area (Å²) < 4.78 is 8.32. The number of carbonyl (C=O) groups is 2. The van der Waals surface area contributed by atoms with E-state index in [4.69, 9.17) is 16.3 Å². The maximum absolute atomic E-state index is 13.2. The number of carbonyl (C=O) groups excluding carboxylic acids is 2. The van der Waals surface area contributed by atoms with E-state index in [2.05, 4.69) is 20.5 Å². The van der Waals surface area contributed by atoms with Gasteiger partial charge in [-0.25, -0.2) is 9.50 Å². The molecule has 1 saturated heterocycles. The number of amides is 2. The van der Waals surface area contributed by atoms with Crippen LogP contribution in [0.1, 0.15) is 10.4 Å². The third kappa shape index (κ3) is 4.49. The highest BCUT2D eigenvalue weighted by Crippen LogP contribution is 2.36. The van der Waals surface area contributed by atoms with Crippen LogP contribution in [0.3, 0.4) is 0 Å². The number of hydrogen-bond donors (Lipinski definition) is 3. The normalized spacial score (nSPS) is 17.5. The average Bonchev–Trinajstić information content (AvgIpc) is 3.56. The second-order valence-electron chi connectivity index (χ2n) is 8.27. The third-order valence-electron chi connectivity index (χ3n) is 5.86. The maximum atomic E-state index is 13.2. The van der Waals surface area contributed by atoms with Crippen LogP contribution in [0.4, 0.5) is 5.69 Å². The summed E-state index contributed by atoms with van der Waals surface area (Å²) in [5.41, 5.74) is 1.79. The first-order valence-electron chi connectivity index (χ1n) is 11.0. The number of aliphatic hydroxyl groups excluding tert-OH is 2. The lowest BCUT2D eigenvalue weighted by Crippen LogP contribution is -2.33. The number of anilines is 1. The zero-order valence-corrected chi connectivity index (χ0v) is 19.8. The van der Waals surface area contributed by atoms with E-state index in [-0.39, 0.29) is 31.1 Å². The molecule has 1 aliphatic heterocycles. The number of aliphatic hydroxyl groups is 2. The molecule has 0 aliphatic carbocycles. The van der Waals surface area contributed by atoms with E-state index in [1.54, 1.807) is 36.7 Å². The van der Waals surface area contributed by atoms with Gasteiger partial charge in [-0.3, -0.25) is 14.3 Å². The van der Waals surface area contributed by atoms with Crippen molar-refractivity contribution in [3.05, 3.63) is 59.6 Å². The van der Waals surface area contributed by atoms with Crippen LogP contribution in [0.5, 0.6) is 5.75 Å². The summed E-state index contributed by atoms with van der Waals surface area (Å²) in [7, 11) is 1.50. The predicted molar refractivity (Wildman–Crippen MR) is 129 cm³/mol. The van der Waals surface area contributed by atoms with Crippen LogP contribution in [-0.2, 0) is 11.3 Å². The number of nitrogens with one attached hydrogen (secondary N) is 1. The van der Waals surface area contributed by atoms with Gasteiger partial charge in [0, 0.05) is 42.3 Å². The summed E-state index contributed by atoms with van der Waals surface area (Å²) in [6.45, 7) is -0.118. The Hall–Kier alpha value is -4.00. The number of fused-ring (bicyclic) bond motifs is 1. The highest BCUT2D eigenvalue weighted by Gasteiger charge is 2.32. The van der Waals surface area contributed by atoms with Crippen molar-refractivity contribution in [1.29, 1.82) is 0 Å². The van der Waals surface area contributed by atoms with Crippen LogP contribution in [-0.4, -0.2) is 83.7 Å². The van der Waals surface area contributed by atoms with Gasteiger partial charge in [0.2, 0.25) is 5.91 Å². The number of rotatable bonds is 6. The van der Waals surface area contributed by atoms with Gasteiger partial charge >= 0.3 is 0 Å². The van der Waals surface area contributed by atoms with Crippen molar-refractivity contribution in [1.82, 2.24) is 29.3 Å². The molecular weight excluding hydrogens is 490 g/mol. The molecule has 0 saturated carbocycles. The molecule has 1 aliphatic rings. The van der Waals surface area contributed by atoms with Crippen molar-refractivity contribution in [2.24, 2.45) is 0 Å². The minimum Gasteiger partial charge on any atom is -0.496 e. The van der Waals surface area contributed by atoms with E-state index in [1.165, 1.54) is 33.6 Å². The molecule has 5 rings (SSSR count). The molecule has 4 heterocycles. The molecule has 1 aromatic carbocycles. The van der Waals surface area contributed by atoms with Crippen molar-refractivity contribution in [3.8, 4) is 17.0 Å². The van der Waals surface area contributed by atoms with Crippen LogP contribution >= 0.6 is 11.6 Å². The molecule has 2 amide bonds. The fourth-order valence-electron chi connectivity index (χ4n) is 4.05. The first kappa shape index (κ1) is 23.7. The first-order chi connectivity index (χ1) is 17.3. The lowest BCUT2D eigenvalue weighted by atomic mass is 10.1. The molecule has 4 aromatic rings. The van der Waals surface area contributed by atoms with Crippen molar-refractivity contribution in [3.63, 3.8) is 0 Å². The smallest absolute Gasteiger partial charge is 0.261 e. The number of β-amino-alcohol motifs (C(OH)–C–C–N with tert-alkyl or cyclic N) is 2. The monoisotopic (exact) mass is 511 g/mol. The second-order valence-corrected chi connectivity index (χ2v) is 8.70. The molecule has 2 unspecified atom stereocenters. The van der Waals surface area contributed by atoms with Gasteiger partial charge in [-0.1, -0.05) is 11.6 Å². The fourth-order valence-corrected chi connectivity index (χ4v) is 4.22. The minimum atomic E-state index is -0.993. The van der Waals surface area contributed by atoms with E-state index in [1.807, 2.05) is 0 Å². The molecule has 0 radical (unpaired) electrons. The Morgan fingerprint density at radius 1 is 1.25 bits per heavy atom. The van der Waals surface area contributed by atoms with Crippen LogP contribution in [0.15, 0.2) is 49.1 Å². The summed E-state index contributed by atoms with van der Waals surface area (Å²) in [6.07, 6.45) is 4.19. The summed E-state index contributed by atoms with van der Waals surface area (Å²) in [4.78, 5) is 31.5. The van der Waals surface area contributed by atoms with Gasteiger partial charge in [0.1, 0.15) is 23.6 Å². The van der Waals surface area contributed by atoms with E-state index in [9.17, 15) is 19.8 Å². The Labute approximate surface area is 209 Å². The van der Waals surface area contributed by atoms with Gasteiger partial charge in [0.05, 0.1) is 31.2 Å². The number of hydrogen-bond acceptors (Lipinski definition) is 8. The fraction of sp³-hybridized carbons (Fsp3) is 0.261. The highest BCUT2D eigenvalue weighted by molar-refractivity contribution is 6.31. The largest absolute Gasteiger partial charge is 0.496 e. The zero-order chi connectivity index (χ0) is 25.4. The average molecular weight is 512 g/mol. The third-order valence-corrected chi connectivity index (χ3v) is 6.09. The molecular formula is C23H22ClN7O5. The Kier molecular flexibility index (Phi) is 6.31. The van der Waals surface area contributed by atoms with Gasteiger partial charge in [0.15, 0.2) is 5.65 Å². The molecule has 1 fully saturated rings. The van der Waals surface area contributed by atoms with E-state index < -0.39 is 18.1 Å². The number of methoxy groups -OCH3 is 1. The van der Waals surface area contributed by atoms with Crippen LogP contribution in [0, 0.1) is 0 Å². The van der Waals surface area contributed by atoms with Gasteiger partial charge < -0.3 is 25.2 Å². The van der Waals surface area contributed by atoms with Gasteiger partial charge in [-0.05, 0) is 24.3 Å². The zero-order valence-electron chi connectivity index (χ0n) is 19.1. The molecule has 3 N–H and O–H groups in total. The number of halogens is 1. The van der Waals surface area contributed by atoms with Crippen molar-refractivity contribution in [2.75, 3.05) is 25.5 Å². The van der Waals surface area contributed by atoms with Gasteiger partial charge in [-0.15, -0.1) is 0 Å². The Bertz CT molecular complexity index is 1440. The van der Waals surface area contributed by atoms with Crippen LogP contribution < -0.4 is 10.1 Å². The molecule has 3 aromatic heterocycles. The van der Waals surface area contributed by atoms with Gasteiger partial charge in [-0.2, -0.15) is 10.2 Å². The maximum Gasteiger partial charge on any atom is 0.261 e. The quantitative estimate of drug-likeness (QED) is 0.348. The summed E-state index contributed by atoms with van der Waals surface area (Å²) in [6, 6.07) is 6.69. The Balaban J connectivity index is 1.49. The number of likely N-dealkylation sites (tertiary alicyclic amines) is 1. The highest BCUT2D eigenvalue weighted by atomic mass is 35.5. The number of benzene rings is 1. The van der Waals surface area contributed by atoms with Crippen molar-refractivity contribution >= 4 is 34.7 Å². The topological polar surface area (TPSA) is 147 Å². The molecule has 0 bridgehead atoms. The standard InChI is InChI=1S/C23H22ClN7O5/c1-36-19-4-3-13(24)7-14(19)21-16(27-23(35)15-8-26-31-6-2-5-25-22(15)31)9-30(28-21)12-20(34)29-10-17(32)18(33)11-29/h2-9,17-18,32-33H,10-12H2,1H3,(H,27,35). The predicted octanol–water partition coefficient (Wildman–Crippen LogP) is 1.07. The van der Waals surface area contributed by atoms with E-state index >= 15 is 0 Å². The molecule has 12 nitrogen and oxygen atoms in total. The van der Waals surface area contributed by atoms with Crippen molar-refractivity contribution < 1.29 is 24.5 Å². The summed E-state index contributed by atoms with van der Waals surface area (Å²) in [5, 5.41) is 31.5. The summed E-state index contributed by atoms with van der Waals surface area (Å²) >= 11 is 6.23. The second kappa shape index (κ2) is 9.57.